The van der Waals surface area contributed by atoms with Crippen molar-refractivity contribution in [2.75, 3.05) is 14.2 Å². The number of methoxy groups -OCH3 is 2. The number of ketones is 1. The molecule has 1 aliphatic rings. The number of aromatic nitrogens is 1. The number of thiazole rings is 1. The molecule has 1 unspecified atom stereocenters. The number of ether oxygens (including phenoxy) is 2. The number of Topliss-reactive ketones (excluding diaryl/α,β-unsaturated/α-hetero) is 1. The Morgan fingerprint density at radius 3 is 2.49 bits per heavy atom. The number of aryl methyl sites for hydroxylation is 1. The maximum Gasteiger partial charge on any atom is 0.290 e. The first kappa shape index (κ1) is 24.7. The second-order valence-corrected chi connectivity index (χ2v) is 10.5. The SMILES string of the molecule is COc1ccc(C2C(C(=O)c3sc(-c4ccccc4)nc3C)=C(O)C(=O)N2Cc2cccs2)cc1OC. The van der Waals surface area contributed by atoms with Gasteiger partial charge < -0.3 is 19.5 Å². The Morgan fingerprint density at radius 2 is 1.81 bits per heavy atom. The minimum Gasteiger partial charge on any atom is -0.503 e. The number of rotatable bonds is 8. The van der Waals surface area contributed by atoms with E-state index in [0.29, 0.717) is 32.6 Å². The van der Waals surface area contributed by atoms with Crippen LogP contribution in [-0.2, 0) is 11.3 Å². The molecule has 0 radical (unpaired) electrons. The van der Waals surface area contributed by atoms with Crippen molar-refractivity contribution in [1.82, 2.24) is 9.88 Å². The zero-order chi connectivity index (χ0) is 26.1. The third-order valence-electron chi connectivity index (χ3n) is 6.20. The summed E-state index contributed by atoms with van der Waals surface area (Å²) in [5, 5.41) is 13.7. The van der Waals surface area contributed by atoms with Crippen molar-refractivity contribution >= 4 is 34.4 Å². The number of aliphatic hydroxyl groups excluding tert-OH is 1. The van der Waals surface area contributed by atoms with E-state index in [0.717, 1.165) is 10.4 Å². The fourth-order valence-corrected chi connectivity index (χ4v) is 6.15. The van der Waals surface area contributed by atoms with E-state index in [1.165, 1.54) is 41.8 Å². The Kier molecular flexibility index (Phi) is 6.82. The van der Waals surface area contributed by atoms with Crippen LogP contribution in [-0.4, -0.2) is 40.9 Å². The third kappa shape index (κ3) is 4.52. The van der Waals surface area contributed by atoms with Crippen molar-refractivity contribution < 1.29 is 24.2 Å². The summed E-state index contributed by atoms with van der Waals surface area (Å²) < 4.78 is 10.9. The maximum atomic E-state index is 14.0. The summed E-state index contributed by atoms with van der Waals surface area (Å²) in [4.78, 5) is 34.8. The second kappa shape index (κ2) is 10.2. The van der Waals surface area contributed by atoms with Gasteiger partial charge in [0.25, 0.3) is 5.91 Å². The Hall–Kier alpha value is -3.95. The molecule has 1 aliphatic heterocycles. The van der Waals surface area contributed by atoms with Crippen LogP contribution >= 0.6 is 22.7 Å². The van der Waals surface area contributed by atoms with Gasteiger partial charge in [-0.05, 0) is 36.1 Å². The maximum absolute atomic E-state index is 14.0. The monoisotopic (exact) mass is 532 g/mol. The molecule has 0 aliphatic carbocycles. The highest BCUT2D eigenvalue weighted by molar-refractivity contribution is 7.17. The molecular formula is C28H24N2O5S2. The lowest BCUT2D eigenvalue weighted by atomic mass is 9.94. The van der Waals surface area contributed by atoms with Crippen molar-refractivity contribution in [2.24, 2.45) is 0 Å². The summed E-state index contributed by atoms with van der Waals surface area (Å²) in [5.41, 5.74) is 2.09. The first-order chi connectivity index (χ1) is 17.9. The summed E-state index contributed by atoms with van der Waals surface area (Å²) in [5.74, 6) is -0.580. The average Bonchev–Trinajstić information content (AvgIpc) is 3.64. The molecule has 0 saturated carbocycles. The highest BCUT2D eigenvalue weighted by atomic mass is 32.1. The van der Waals surface area contributed by atoms with Gasteiger partial charge in [0.1, 0.15) is 5.01 Å². The fraction of sp³-hybridized carbons (Fsp3) is 0.179. The molecule has 0 bridgehead atoms. The number of carbonyl (C=O) groups is 2. The molecule has 0 fully saturated rings. The van der Waals surface area contributed by atoms with Crippen molar-refractivity contribution in [2.45, 2.75) is 19.5 Å². The minimum atomic E-state index is -0.816. The van der Waals surface area contributed by atoms with E-state index in [2.05, 4.69) is 4.98 Å². The van der Waals surface area contributed by atoms with Crippen LogP contribution in [0.4, 0.5) is 0 Å². The molecule has 188 valence electrons. The number of nitrogens with zero attached hydrogens (tertiary/aromatic N) is 2. The van der Waals surface area contributed by atoms with Crippen LogP contribution in [0.2, 0.25) is 0 Å². The van der Waals surface area contributed by atoms with E-state index in [1.807, 2.05) is 47.8 Å². The minimum absolute atomic E-state index is 0.0279. The number of aliphatic hydroxyl groups is 1. The zero-order valence-electron chi connectivity index (χ0n) is 20.4. The standard InChI is InChI=1S/C28H24N2O5S2/c1-16-26(37-27(29-16)17-8-5-4-6-9-17)24(31)22-23(18-11-12-20(34-2)21(14-18)35-3)30(28(33)25(22)32)15-19-10-7-13-36-19/h4-14,23,32H,15H2,1-3H3. The lowest BCUT2D eigenvalue weighted by Gasteiger charge is -2.27. The van der Waals surface area contributed by atoms with Crippen molar-refractivity contribution in [3.05, 3.63) is 98.4 Å². The van der Waals surface area contributed by atoms with Gasteiger partial charge in [-0.2, -0.15) is 0 Å². The summed E-state index contributed by atoms with van der Waals surface area (Å²) >= 11 is 2.75. The number of hydrogen-bond donors (Lipinski definition) is 1. The van der Waals surface area contributed by atoms with E-state index in [1.54, 1.807) is 25.1 Å². The molecule has 7 nitrogen and oxygen atoms in total. The van der Waals surface area contributed by atoms with Crippen LogP contribution in [0.15, 0.2) is 77.4 Å². The van der Waals surface area contributed by atoms with Crippen molar-refractivity contribution in [3.8, 4) is 22.1 Å². The molecule has 1 atom stereocenters. The quantitative estimate of drug-likeness (QED) is 0.281. The van der Waals surface area contributed by atoms with Crippen LogP contribution in [0.1, 0.15) is 31.8 Å². The first-order valence-electron chi connectivity index (χ1n) is 11.5. The third-order valence-corrected chi connectivity index (χ3v) is 8.27. The first-order valence-corrected chi connectivity index (χ1v) is 13.2. The topological polar surface area (TPSA) is 89.0 Å². The van der Waals surface area contributed by atoms with Gasteiger partial charge in [-0.15, -0.1) is 22.7 Å². The van der Waals surface area contributed by atoms with Crippen molar-refractivity contribution in [3.63, 3.8) is 0 Å². The van der Waals surface area contributed by atoms with Crippen LogP contribution in [0, 0.1) is 6.92 Å². The van der Waals surface area contributed by atoms with Crippen LogP contribution in [0.5, 0.6) is 11.5 Å². The molecule has 9 heteroatoms. The summed E-state index contributed by atoms with van der Waals surface area (Å²) in [6.45, 7) is 2.01. The predicted octanol–water partition coefficient (Wildman–Crippen LogP) is 5.98. The van der Waals surface area contributed by atoms with Gasteiger partial charge in [0.05, 0.1) is 43.0 Å². The Labute approximate surface area is 222 Å². The number of carbonyl (C=O) groups excluding carboxylic acids is 2. The van der Waals surface area contributed by atoms with E-state index < -0.39 is 23.5 Å². The van der Waals surface area contributed by atoms with Crippen molar-refractivity contribution in [1.29, 1.82) is 0 Å². The molecule has 1 amide bonds. The smallest absolute Gasteiger partial charge is 0.290 e. The largest absolute Gasteiger partial charge is 0.503 e. The summed E-state index contributed by atoms with van der Waals surface area (Å²) in [6.07, 6.45) is 0. The molecule has 3 heterocycles. The lowest BCUT2D eigenvalue weighted by molar-refractivity contribution is -0.130. The zero-order valence-corrected chi connectivity index (χ0v) is 22.1. The Bertz CT molecular complexity index is 1490. The lowest BCUT2D eigenvalue weighted by Crippen LogP contribution is -2.30. The molecule has 4 aromatic rings. The van der Waals surface area contributed by atoms with Crippen LogP contribution in [0.25, 0.3) is 10.6 Å². The highest BCUT2D eigenvalue weighted by Gasteiger charge is 2.45. The van der Waals surface area contributed by atoms with Crippen LogP contribution < -0.4 is 9.47 Å². The van der Waals surface area contributed by atoms with E-state index >= 15 is 0 Å². The molecule has 0 saturated heterocycles. The molecular weight excluding hydrogens is 508 g/mol. The van der Waals surface area contributed by atoms with Crippen LogP contribution in [0.3, 0.4) is 0 Å². The molecule has 1 N–H and O–H groups in total. The van der Waals surface area contributed by atoms with Gasteiger partial charge in [-0.25, -0.2) is 4.98 Å². The van der Waals surface area contributed by atoms with E-state index in [-0.39, 0.29) is 12.1 Å². The predicted molar refractivity (Wildman–Crippen MR) is 143 cm³/mol. The van der Waals surface area contributed by atoms with E-state index in [4.69, 9.17) is 9.47 Å². The van der Waals surface area contributed by atoms with Gasteiger partial charge in [0, 0.05) is 10.4 Å². The van der Waals surface area contributed by atoms with E-state index in [9.17, 15) is 14.7 Å². The number of benzene rings is 2. The fourth-order valence-electron chi connectivity index (χ4n) is 4.42. The number of thiophene rings is 1. The normalized spacial score (nSPS) is 15.4. The van der Waals surface area contributed by atoms with Gasteiger partial charge in [0.2, 0.25) is 5.78 Å². The molecule has 0 spiro atoms. The van der Waals surface area contributed by atoms with Gasteiger partial charge in [0.15, 0.2) is 17.3 Å². The Morgan fingerprint density at radius 1 is 1.05 bits per heavy atom. The summed E-state index contributed by atoms with van der Waals surface area (Å²) in [7, 11) is 3.06. The molecule has 2 aromatic heterocycles. The molecule has 5 rings (SSSR count). The van der Waals surface area contributed by atoms with Gasteiger partial charge in [-0.1, -0.05) is 42.5 Å². The molecule has 2 aromatic carbocycles. The van der Waals surface area contributed by atoms with Gasteiger partial charge >= 0.3 is 0 Å². The average molecular weight is 533 g/mol. The number of hydrogen-bond acceptors (Lipinski definition) is 8. The van der Waals surface area contributed by atoms with Gasteiger partial charge in [-0.3, -0.25) is 9.59 Å². The second-order valence-electron chi connectivity index (χ2n) is 8.42. The summed E-state index contributed by atoms with van der Waals surface area (Å²) in [6, 6.07) is 17.8. The molecule has 37 heavy (non-hydrogen) atoms. The number of amides is 1. The Balaban J connectivity index is 1.61. The highest BCUT2D eigenvalue weighted by Crippen LogP contribution is 2.44.